The van der Waals surface area contributed by atoms with Crippen molar-refractivity contribution in [2.75, 3.05) is 25.0 Å². The molecule has 1 aromatic rings. The lowest BCUT2D eigenvalue weighted by atomic mass is 10.1. The van der Waals surface area contributed by atoms with Crippen LogP contribution in [-0.4, -0.2) is 36.6 Å². The number of aromatic nitrogens is 1. The van der Waals surface area contributed by atoms with Gasteiger partial charge in [0.1, 0.15) is 5.82 Å². The van der Waals surface area contributed by atoms with Crippen LogP contribution in [0.15, 0.2) is 18.3 Å². The molecule has 0 saturated heterocycles. The van der Waals surface area contributed by atoms with Gasteiger partial charge < -0.3 is 15.5 Å². The Hall–Kier alpha value is -1.62. The molecule has 0 radical (unpaired) electrons. The Morgan fingerprint density at radius 1 is 1.33 bits per heavy atom. The Balaban J connectivity index is 2.51. The SMILES string of the molecule is CCCNC(=O)CN(C)c1ccc(CNC(C)(C)C)cn1. The van der Waals surface area contributed by atoms with Gasteiger partial charge in [-0.2, -0.15) is 0 Å². The van der Waals surface area contributed by atoms with E-state index in [2.05, 4.69) is 36.4 Å². The van der Waals surface area contributed by atoms with Crippen LogP contribution in [0.25, 0.3) is 0 Å². The number of pyridine rings is 1. The van der Waals surface area contributed by atoms with E-state index in [9.17, 15) is 4.79 Å². The average molecular weight is 292 g/mol. The molecule has 2 N–H and O–H groups in total. The monoisotopic (exact) mass is 292 g/mol. The van der Waals surface area contributed by atoms with Crippen molar-refractivity contribution in [2.24, 2.45) is 0 Å². The Labute approximate surface area is 128 Å². The van der Waals surface area contributed by atoms with E-state index >= 15 is 0 Å². The molecule has 0 saturated carbocycles. The third kappa shape index (κ3) is 7.09. The van der Waals surface area contributed by atoms with E-state index < -0.39 is 0 Å². The minimum absolute atomic E-state index is 0.0274. The van der Waals surface area contributed by atoms with Crippen molar-refractivity contribution in [3.05, 3.63) is 23.9 Å². The maximum absolute atomic E-state index is 11.7. The van der Waals surface area contributed by atoms with Crippen LogP contribution < -0.4 is 15.5 Å². The van der Waals surface area contributed by atoms with E-state index in [1.165, 1.54) is 0 Å². The van der Waals surface area contributed by atoms with Crippen molar-refractivity contribution in [3.63, 3.8) is 0 Å². The predicted molar refractivity (Wildman–Crippen MR) is 87.4 cm³/mol. The summed E-state index contributed by atoms with van der Waals surface area (Å²) in [5.74, 6) is 0.834. The maximum atomic E-state index is 11.7. The topological polar surface area (TPSA) is 57.3 Å². The molecule has 5 heteroatoms. The van der Waals surface area contributed by atoms with Crippen LogP contribution in [0.5, 0.6) is 0 Å². The third-order valence-electron chi connectivity index (χ3n) is 2.98. The number of hydrogen-bond donors (Lipinski definition) is 2. The smallest absolute Gasteiger partial charge is 0.239 e. The van der Waals surface area contributed by atoms with Crippen molar-refractivity contribution in [1.29, 1.82) is 0 Å². The number of rotatable bonds is 7. The van der Waals surface area contributed by atoms with Crippen LogP contribution in [0.2, 0.25) is 0 Å². The molecule has 0 atom stereocenters. The van der Waals surface area contributed by atoms with Gasteiger partial charge in [0.15, 0.2) is 0 Å². The Kier molecular flexibility index (Phi) is 6.62. The number of nitrogens with one attached hydrogen (secondary N) is 2. The van der Waals surface area contributed by atoms with Gasteiger partial charge in [0, 0.05) is 31.9 Å². The quantitative estimate of drug-likeness (QED) is 0.806. The highest BCUT2D eigenvalue weighted by molar-refractivity contribution is 5.80. The summed E-state index contributed by atoms with van der Waals surface area (Å²) in [5, 5.41) is 6.29. The molecule has 0 unspecified atom stereocenters. The molecule has 0 aliphatic rings. The van der Waals surface area contributed by atoms with Crippen LogP contribution in [-0.2, 0) is 11.3 Å². The fourth-order valence-corrected chi connectivity index (χ4v) is 1.73. The Bertz CT molecular complexity index is 437. The van der Waals surface area contributed by atoms with Gasteiger partial charge in [-0.15, -0.1) is 0 Å². The van der Waals surface area contributed by atoms with Gasteiger partial charge in [0.2, 0.25) is 5.91 Å². The molecule has 0 aliphatic heterocycles. The highest BCUT2D eigenvalue weighted by Gasteiger charge is 2.10. The minimum atomic E-state index is 0.0274. The van der Waals surface area contributed by atoms with Gasteiger partial charge in [-0.05, 0) is 38.8 Å². The molecule has 0 aliphatic carbocycles. The zero-order valence-electron chi connectivity index (χ0n) is 13.9. The molecule has 0 fully saturated rings. The van der Waals surface area contributed by atoms with Crippen LogP contribution in [0.1, 0.15) is 39.7 Å². The molecule has 1 amide bonds. The lowest BCUT2D eigenvalue weighted by molar-refractivity contribution is -0.119. The predicted octanol–water partition coefficient (Wildman–Crippen LogP) is 1.93. The molecule has 0 aromatic carbocycles. The van der Waals surface area contributed by atoms with Crippen molar-refractivity contribution in [3.8, 4) is 0 Å². The number of carbonyl (C=O) groups is 1. The van der Waals surface area contributed by atoms with Crippen LogP contribution in [0.4, 0.5) is 5.82 Å². The summed E-state index contributed by atoms with van der Waals surface area (Å²) in [7, 11) is 1.88. The molecule has 0 spiro atoms. The number of amides is 1. The fourth-order valence-electron chi connectivity index (χ4n) is 1.73. The van der Waals surface area contributed by atoms with Gasteiger partial charge >= 0.3 is 0 Å². The zero-order valence-corrected chi connectivity index (χ0v) is 13.9. The summed E-state index contributed by atoms with van der Waals surface area (Å²) in [5.41, 5.74) is 1.23. The van der Waals surface area contributed by atoms with Gasteiger partial charge in [0.05, 0.1) is 6.54 Å². The number of likely N-dealkylation sites (N-methyl/N-ethyl adjacent to an activating group) is 1. The third-order valence-corrected chi connectivity index (χ3v) is 2.98. The molecule has 0 bridgehead atoms. The standard InChI is InChI=1S/C16H28N4O/c1-6-9-17-15(21)12-20(5)14-8-7-13(10-18-14)11-19-16(2,3)4/h7-8,10,19H,6,9,11-12H2,1-5H3,(H,17,21). The fraction of sp³-hybridized carbons (Fsp3) is 0.625. The van der Waals surface area contributed by atoms with Gasteiger partial charge in [0.25, 0.3) is 0 Å². The first-order valence-corrected chi connectivity index (χ1v) is 7.49. The van der Waals surface area contributed by atoms with Gasteiger partial charge in [-0.25, -0.2) is 4.98 Å². The second-order valence-corrected chi connectivity index (χ2v) is 6.33. The summed E-state index contributed by atoms with van der Waals surface area (Å²) in [6.45, 7) is 10.3. The average Bonchev–Trinajstić information content (AvgIpc) is 2.42. The Morgan fingerprint density at radius 2 is 2.05 bits per heavy atom. The summed E-state index contributed by atoms with van der Waals surface area (Å²) in [6.07, 6.45) is 2.80. The number of hydrogen-bond acceptors (Lipinski definition) is 4. The zero-order chi connectivity index (χ0) is 15.9. The summed E-state index contributed by atoms with van der Waals surface area (Å²) in [4.78, 5) is 17.9. The van der Waals surface area contributed by atoms with Gasteiger partial charge in [-0.3, -0.25) is 4.79 Å². The van der Waals surface area contributed by atoms with E-state index in [-0.39, 0.29) is 11.4 Å². The van der Waals surface area contributed by atoms with Crippen molar-refractivity contribution in [2.45, 2.75) is 46.2 Å². The molecular formula is C16H28N4O. The van der Waals surface area contributed by atoms with E-state index in [4.69, 9.17) is 0 Å². The second kappa shape index (κ2) is 7.98. The number of carbonyl (C=O) groups excluding carboxylic acids is 1. The van der Waals surface area contributed by atoms with Crippen LogP contribution >= 0.6 is 0 Å². The van der Waals surface area contributed by atoms with E-state index in [0.717, 1.165) is 30.9 Å². The number of nitrogens with zero attached hydrogens (tertiary/aromatic N) is 2. The van der Waals surface area contributed by atoms with Crippen LogP contribution in [0, 0.1) is 0 Å². The maximum Gasteiger partial charge on any atom is 0.239 e. The van der Waals surface area contributed by atoms with Crippen molar-refractivity contribution in [1.82, 2.24) is 15.6 Å². The molecule has 1 aromatic heterocycles. The first-order chi connectivity index (χ1) is 9.81. The molecule has 21 heavy (non-hydrogen) atoms. The molecular weight excluding hydrogens is 264 g/mol. The first-order valence-electron chi connectivity index (χ1n) is 7.49. The molecule has 5 nitrogen and oxygen atoms in total. The Morgan fingerprint density at radius 3 is 2.57 bits per heavy atom. The summed E-state index contributed by atoms with van der Waals surface area (Å²) >= 11 is 0. The summed E-state index contributed by atoms with van der Waals surface area (Å²) in [6, 6.07) is 3.99. The minimum Gasteiger partial charge on any atom is -0.355 e. The lowest BCUT2D eigenvalue weighted by Gasteiger charge is -2.21. The molecule has 118 valence electrons. The first kappa shape index (κ1) is 17.4. The van der Waals surface area contributed by atoms with E-state index in [1.807, 2.05) is 37.2 Å². The van der Waals surface area contributed by atoms with Crippen LogP contribution in [0.3, 0.4) is 0 Å². The lowest BCUT2D eigenvalue weighted by Crippen LogP contribution is -2.36. The highest BCUT2D eigenvalue weighted by Crippen LogP contribution is 2.10. The second-order valence-electron chi connectivity index (χ2n) is 6.33. The van der Waals surface area contributed by atoms with Crippen molar-refractivity contribution < 1.29 is 4.79 Å². The molecule has 1 rings (SSSR count). The van der Waals surface area contributed by atoms with E-state index in [0.29, 0.717) is 6.54 Å². The number of anilines is 1. The normalized spacial score (nSPS) is 11.3. The largest absolute Gasteiger partial charge is 0.355 e. The highest BCUT2D eigenvalue weighted by atomic mass is 16.2. The summed E-state index contributed by atoms with van der Waals surface area (Å²) < 4.78 is 0. The van der Waals surface area contributed by atoms with E-state index in [1.54, 1.807) is 0 Å². The van der Waals surface area contributed by atoms with Crippen molar-refractivity contribution >= 4 is 11.7 Å². The van der Waals surface area contributed by atoms with Gasteiger partial charge in [-0.1, -0.05) is 13.0 Å². The molecule has 1 heterocycles.